The molecule has 0 aromatic carbocycles. The van der Waals surface area contributed by atoms with E-state index in [4.69, 9.17) is 9.84 Å². The Morgan fingerprint density at radius 1 is 1.50 bits per heavy atom. The van der Waals surface area contributed by atoms with Crippen molar-refractivity contribution < 1.29 is 24.5 Å². The van der Waals surface area contributed by atoms with Gasteiger partial charge in [-0.05, 0) is 13.8 Å². The molecule has 7 nitrogen and oxygen atoms in total. The molecular formula is C11H18N2O5. The maximum Gasteiger partial charge on any atom is 0.326 e. The fourth-order valence-electron chi connectivity index (χ4n) is 2.21. The zero-order valence-electron chi connectivity index (χ0n) is 10.4. The SMILES string of the molecule is CC1(C)CN(C2CC(O)C(CO)O2)C(=O)NC1=O. The summed E-state index contributed by atoms with van der Waals surface area (Å²) in [5.74, 6) is -0.319. The number of urea groups is 1. The van der Waals surface area contributed by atoms with E-state index in [1.807, 2.05) is 0 Å². The molecule has 0 aromatic heterocycles. The summed E-state index contributed by atoms with van der Waals surface area (Å²) in [4.78, 5) is 24.7. The van der Waals surface area contributed by atoms with Crippen molar-refractivity contribution in [2.24, 2.45) is 5.41 Å². The highest BCUT2D eigenvalue weighted by Gasteiger charge is 2.45. The lowest BCUT2D eigenvalue weighted by atomic mass is 9.90. The lowest BCUT2D eigenvalue weighted by Gasteiger charge is -2.39. The minimum atomic E-state index is -0.798. The fraction of sp³-hybridized carbons (Fsp3) is 0.818. The van der Waals surface area contributed by atoms with E-state index in [1.165, 1.54) is 4.90 Å². The summed E-state index contributed by atoms with van der Waals surface area (Å²) in [5.41, 5.74) is -0.695. The summed E-state index contributed by atoms with van der Waals surface area (Å²) in [6.45, 7) is 3.40. The lowest BCUT2D eigenvalue weighted by Crippen LogP contribution is -2.61. The fourth-order valence-corrected chi connectivity index (χ4v) is 2.21. The van der Waals surface area contributed by atoms with Crippen molar-refractivity contribution in [2.75, 3.05) is 13.2 Å². The van der Waals surface area contributed by atoms with Gasteiger partial charge in [-0.1, -0.05) is 0 Å². The number of nitrogens with zero attached hydrogens (tertiary/aromatic N) is 1. The average Bonchev–Trinajstić information content (AvgIpc) is 2.65. The quantitative estimate of drug-likeness (QED) is 0.592. The highest BCUT2D eigenvalue weighted by molar-refractivity contribution is 5.99. The number of aliphatic hydroxyl groups excluding tert-OH is 2. The van der Waals surface area contributed by atoms with Crippen molar-refractivity contribution in [2.45, 2.75) is 38.7 Å². The number of ether oxygens (including phenoxy) is 1. The predicted molar refractivity (Wildman–Crippen MR) is 60.4 cm³/mol. The molecule has 2 heterocycles. The second-order valence-electron chi connectivity index (χ2n) is 5.39. The molecule has 0 spiro atoms. The Hall–Kier alpha value is -1.18. The summed E-state index contributed by atoms with van der Waals surface area (Å²) in [7, 11) is 0. The Balaban J connectivity index is 2.10. The number of imide groups is 1. The first-order valence-electron chi connectivity index (χ1n) is 5.91. The smallest absolute Gasteiger partial charge is 0.326 e. The van der Waals surface area contributed by atoms with Gasteiger partial charge in [-0.25, -0.2) is 4.79 Å². The molecule has 3 unspecified atom stereocenters. The van der Waals surface area contributed by atoms with E-state index in [1.54, 1.807) is 13.8 Å². The van der Waals surface area contributed by atoms with E-state index in [9.17, 15) is 14.7 Å². The highest BCUT2D eigenvalue weighted by atomic mass is 16.5. The van der Waals surface area contributed by atoms with E-state index in [0.29, 0.717) is 0 Å². The third-order valence-electron chi connectivity index (χ3n) is 3.39. The van der Waals surface area contributed by atoms with Crippen LogP contribution in [-0.4, -0.2) is 58.6 Å². The molecule has 2 saturated heterocycles. The molecule has 3 atom stereocenters. The Bertz CT molecular complexity index is 370. The van der Waals surface area contributed by atoms with Gasteiger partial charge >= 0.3 is 6.03 Å². The zero-order chi connectivity index (χ0) is 13.5. The molecule has 2 rings (SSSR count). The molecule has 0 bridgehead atoms. The van der Waals surface area contributed by atoms with E-state index in [-0.39, 0.29) is 25.5 Å². The second-order valence-corrected chi connectivity index (χ2v) is 5.39. The third kappa shape index (κ3) is 2.21. The van der Waals surface area contributed by atoms with Crippen LogP contribution >= 0.6 is 0 Å². The first-order valence-corrected chi connectivity index (χ1v) is 5.91. The minimum Gasteiger partial charge on any atom is -0.394 e. The van der Waals surface area contributed by atoms with Crippen LogP contribution in [0.3, 0.4) is 0 Å². The number of amides is 3. The topological polar surface area (TPSA) is 99.1 Å². The molecule has 7 heteroatoms. The van der Waals surface area contributed by atoms with Crippen molar-refractivity contribution >= 4 is 11.9 Å². The van der Waals surface area contributed by atoms with Gasteiger partial charge in [-0.3, -0.25) is 15.0 Å². The molecule has 102 valence electrons. The van der Waals surface area contributed by atoms with Crippen molar-refractivity contribution in [1.82, 2.24) is 10.2 Å². The maximum absolute atomic E-state index is 11.8. The summed E-state index contributed by atoms with van der Waals surface area (Å²) < 4.78 is 5.42. The average molecular weight is 258 g/mol. The third-order valence-corrected chi connectivity index (χ3v) is 3.39. The largest absolute Gasteiger partial charge is 0.394 e. The Morgan fingerprint density at radius 2 is 2.17 bits per heavy atom. The number of nitrogens with one attached hydrogen (secondary N) is 1. The van der Waals surface area contributed by atoms with Gasteiger partial charge in [0.05, 0.1) is 18.1 Å². The summed E-state index contributed by atoms with van der Waals surface area (Å²) in [6, 6.07) is -0.518. The molecular weight excluding hydrogens is 240 g/mol. The predicted octanol–water partition coefficient (Wildman–Crippen LogP) is -0.967. The molecule has 0 radical (unpaired) electrons. The minimum absolute atomic E-state index is 0.229. The normalized spacial score (nSPS) is 35.8. The van der Waals surface area contributed by atoms with Crippen molar-refractivity contribution in [3.8, 4) is 0 Å². The number of hydrogen-bond acceptors (Lipinski definition) is 5. The maximum atomic E-state index is 11.8. The van der Waals surface area contributed by atoms with Gasteiger partial charge in [0.25, 0.3) is 0 Å². The number of aliphatic hydroxyl groups is 2. The zero-order valence-corrected chi connectivity index (χ0v) is 10.4. The van der Waals surface area contributed by atoms with Crippen LogP contribution in [0.5, 0.6) is 0 Å². The highest BCUT2D eigenvalue weighted by Crippen LogP contribution is 2.29. The number of rotatable bonds is 2. The van der Waals surface area contributed by atoms with E-state index in [0.717, 1.165) is 0 Å². The van der Waals surface area contributed by atoms with Crippen LogP contribution in [0.25, 0.3) is 0 Å². The van der Waals surface area contributed by atoms with Crippen molar-refractivity contribution in [3.05, 3.63) is 0 Å². The van der Waals surface area contributed by atoms with Crippen LogP contribution in [0.1, 0.15) is 20.3 Å². The molecule has 3 N–H and O–H groups in total. The molecule has 0 aromatic rings. The van der Waals surface area contributed by atoms with Crippen LogP contribution in [0.2, 0.25) is 0 Å². The Morgan fingerprint density at radius 3 is 2.72 bits per heavy atom. The van der Waals surface area contributed by atoms with E-state index < -0.39 is 29.9 Å². The van der Waals surface area contributed by atoms with Gasteiger partial charge in [0.15, 0.2) is 0 Å². The van der Waals surface area contributed by atoms with E-state index >= 15 is 0 Å². The van der Waals surface area contributed by atoms with E-state index in [2.05, 4.69) is 5.32 Å². The standard InChI is InChI=1S/C11H18N2O5/c1-11(2)5-13(10(17)12-9(11)16)8-3-6(15)7(4-14)18-8/h6-8,14-15H,3-5H2,1-2H3,(H,12,16,17). The van der Waals surface area contributed by atoms with Gasteiger partial charge in [-0.15, -0.1) is 0 Å². The molecule has 0 aliphatic carbocycles. The van der Waals surface area contributed by atoms with Crippen LogP contribution in [-0.2, 0) is 9.53 Å². The first-order chi connectivity index (χ1) is 8.35. The van der Waals surface area contributed by atoms with Gasteiger partial charge in [0.2, 0.25) is 5.91 Å². The van der Waals surface area contributed by atoms with Gasteiger partial charge in [0.1, 0.15) is 12.3 Å². The summed E-state index contributed by atoms with van der Waals surface area (Å²) >= 11 is 0. The van der Waals surface area contributed by atoms with Gasteiger partial charge in [-0.2, -0.15) is 0 Å². The molecule has 18 heavy (non-hydrogen) atoms. The van der Waals surface area contributed by atoms with Crippen LogP contribution in [0, 0.1) is 5.41 Å². The van der Waals surface area contributed by atoms with Crippen LogP contribution in [0.15, 0.2) is 0 Å². The van der Waals surface area contributed by atoms with Crippen LogP contribution < -0.4 is 5.32 Å². The molecule has 2 fully saturated rings. The number of carbonyl (C=O) groups excluding carboxylic acids is 2. The molecule has 2 aliphatic heterocycles. The second kappa shape index (κ2) is 4.49. The van der Waals surface area contributed by atoms with Gasteiger partial charge < -0.3 is 14.9 Å². The van der Waals surface area contributed by atoms with Gasteiger partial charge in [0, 0.05) is 13.0 Å². The number of hydrogen-bond donors (Lipinski definition) is 3. The molecule has 0 saturated carbocycles. The summed E-state index contributed by atoms with van der Waals surface area (Å²) in [6.07, 6.45) is -1.84. The number of carbonyl (C=O) groups is 2. The Kier molecular flexibility index (Phi) is 3.31. The summed E-state index contributed by atoms with van der Waals surface area (Å²) in [5, 5.41) is 20.9. The molecule has 2 aliphatic rings. The van der Waals surface area contributed by atoms with Crippen molar-refractivity contribution in [1.29, 1.82) is 0 Å². The monoisotopic (exact) mass is 258 g/mol. The van der Waals surface area contributed by atoms with Crippen LogP contribution in [0.4, 0.5) is 4.79 Å². The first kappa shape index (κ1) is 13.3. The van der Waals surface area contributed by atoms with Crippen molar-refractivity contribution in [3.63, 3.8) is 0 Å². The molecule has 3 amide bonds. The Labute approximate surface area is 105 Å². The lowest BCUT2D eigenvalue weighted by molar-refractivity contribution is -0.135.